The van der Waals surface area contributed by atoms with Crippen LogP contribution in [0, 0.1) is 0 Å². The van der Waals surface area contributed by atoms with Crippen LogP contribution in [0.3, 0.4) is 0 Å². The van der Waals surface area contributed by atoms with Crippen LogP contribution in [0.25, 0.3) is 0 Å². The van der Waals surface area contributed by atoms with Crippen LogP contribution in [0.2, 0.25) is 0 Å². The van der Waals surface area contributed by atoms with E-state index >= 15 is 0 Å². The topological polar surface area (TPSA) is 44.4 Å². The highest BCUT2D eigenvalue weighted by molar-refractivity contribution is 5.80. The summed E-state index contributed by atoms with van der Waals surface area (Å²) in [6, 6.07) is 9.74. The van der Waals surface area contributed by atoms with E-state index < -0.39 is 0 Å². The molecule has 0 saturated carbocycles. The maximum absolute atomic E-state index is 11.5. The number of carbonyl (C=O) groups excluding carboxylic acids is 1. The molecule has 0 saturated heterocycles. The zero-order valence-corrected chi connectivity index (χ0v) is 11.3. The molecule has 0 bridgehead atoms. The van der Waals surface area contributed by atoms with Crippen LogP contribution in [0.1, 0.15) is 12.8 Å². The van der Waals surface area contributed by atoms with Gasteiger partial charge < -0.3 is 15.5 Å². The molecule has 1 aromatic carbocycles. The first-order chi connectivity index (χ1) is 8.68. The third-order valence-corrected chi connectivity index (χ3v) is 2.58. The van der Waals surface area contributed by atoms with Crippen LogP contribution >= 0.6 is 0 Å². The van der Waals surface area contributed by atoms with Crippen molar-refractivity contribution in [3.8, 4) is 0 Å². The van der Waals surface area contributed by atoms with Crippen LogP contribution < -0.4 is 10.6 Å². The second kappa shape index (κ2) is 8.53. The predicted molar refractivity (Wildman–Crippen MR) is 75.7 cm³/mol. The molecule has 1 rings (SSSR count). The zero-order valence-electron chi connectivity index (χ0n) is 11.3. The number of para-hydroxylation sites is 1. The molecule has 0 fully saturated rings. The highest BCUT2D eigenvalue weighted by Gasteiger charge is 2.00. The van der Waals surface area contributed by atoms with E-state index in [1.165, 1.54) is 0 Å². The maximum atomic E-state index is 11.5. The highest BCUT2D eigenvalue weighted by atomic mass is 16.1. The van der Waals surface area contributed by atoms with E-state index in [9.17, 15) is 4.79 Å². The molecular weight excluding hydrogens is 226 g/mol. The van der Waals surface area contributed by atoms with Crippen molar-refractivity contribution in [3.63, 3.8) is 0 Å². The van der Waals surface area contributed by atoms with Gasteiger partial charge in [-0.2, -0.15) is 0 Å². The quantitative estimate of drug-likeness (QED) is 0.687. The van der Waals surface area contributed by atoms with Gasteiger partial charge in [-0.25, -0.2) is 0 Å². The van der Waals surface area contributed by atoms with E-state index in [1.54, 1.807) is 0 Å². The summed E-state index contributed by atoms with van der Waals surface area (Å²) >= 11 is 0. The standard InChI is InChI=1S/C14H23N3O/c1-17(2)11-7-6-10-15-14(18)12-16-13-8-4-3-5-9-13/h3-5,8-9,16H,6-7,10-12H2,1-2H3,(H,15,18). The molecular formula is C14H23N3O. The summed E-state index contributed by atoms with van der Waals surface area (Å²) in [4.78, 5) is 13.7. The summed E-state index contributed by atoms with van der Waals surface area (Å²) in [6.07, 6.45) is 2.13. The van der Waals surface area contributed by atoms with Crippen LogP contribution in [0.15, 0.2) is 30.3 Å². The number of nitrogens with zero attached hydrogens (tertiary/aromatic N) is 1. The molecule has 0 radical (unpaired) electrons. The van der Waals surface area contributed by atoms with Gasteiger partial charge in [-0.15, -0.1) is 0 Å². The fourth-order valence-electron chi connectivity index (χ4n) is 1.58. The molecule has 1 aromatic rings. The van der Waals surface area contributed by atoms with Crippen LogP contribution in [0.5, 0.6) is 0 Å². The number of anilines is 1. The largest absolute Gasteiger partial charge is 0.376 e. The molecule has 0 aliphatic carbocycles. The van der Waals surface area contributed by atoms with Crippen molar-refractivity contribution in [2.75, 3.05) is 39.0 Å². The highest BCUT2D eigenvalue weighted by Crippen LogP contribution is 2.03. The molecule has 18 heavy (non-hydrogen) atoms. The molecule has 1 amide bonds. The first kappa shape index (κ1) is 14.5. The van der Waals surface area contributed by atoms with Gasteiger partial charge in [0.25, 0.3) is 0 Å². The first-order valence-electron chi connectivity index (χ1n) is 6.39. The van der Waals surface area contributed by atoms with Crippen molar-refractivity contribution < 1.29 is 4.79 Å². The van der Waals surface area contributed by atoms with Crippen LogP contribution in [-0.2, 0) is 4.79 Å². The fraction of sp³-hybridized carbons (Fsp3) is 0.500. The van der Waals surface area contributed by atoms with Gasteiger partial charge in [0.1, 0.15) is 0 Å². The van der Waals surface area contributed by atoms with Crippen molar-refractivity contribution >= 4 is 11.6 Å². The minimum atomic E-state index is 0.0451. The predicted octanol–water partition coefficient (Wildman–Crippen LogP) is 1.56. The molecule has 0 aliphatic rings. The second-order valence-corrected chi connectivity index (χ2v) is 4.58. The summed E-state index contributed by atoms with van der Waals surface area (Å²) in [7, 11) is 4.12. The first-order valence-corrected chi connectivity index (χ1v) is 6.39. The Hall–Kier alpha value is -1.55. The monoisotopic (exact) mass is 249 g/mol. The Balaban J connectivity index is 2.04. The minimum absolute atomic E-state index is 0.0451. The molecule has 2 N–H and O–H groups in total. The Morgan fingerprint density at radius 3 is 2.56 bits per heavy atom. The van der Waals surface area contributed by atoms with Crippen LogP contribution in [-0.4, -0.2) is 44.5 Å². The van der Waals surface area contributed by atoms with Gasteiger partial charge in [0.15, 0.2) is 0 Å². The summed E-state index contributed by atoms with van der Waals surface area (Å²) in [6.45, 7) is 2.15. The number of unbranched alkanes of at least 4 members (excludes halogenated alkanes) is 1. The number of hydrogen-bond donors (Lipinski definition) is 2. The van der Waals surface area contributed by atoms with Crippen LogP contribution in [0.4, 0.5) is 5.69 Å². The fourth-order valence-corrected chi connectivity index (χ4v) is 1.58. The molecule has 0 spiro atoms. The SMILES string of the molecule is CN(C)CCCCNC(=O)CNc1ccccc1. The maximum Gasteiger partial charge on any atom is 0.239 e. The lowest BCUT2D eigenvalue weighted by Gasteiger charge is -2.10. The molecule has 0 unspecified atom stereocenters. The molecule has 0 heterocycles. The number of benzene rings is 1. The zero-order chi connectivity index (χ0) is 13.2. The Labute approximate surface area is 109 Å². The smallest absolute Gasteiger partial charge is 0.239 e. The Kier molecular flexibility index (Phi) is 6.87. The average Bonchev–Trinajstić information content (AvgIpc) is 2.37. The summed E-state index contributed by atoms with van der Waals surface area (Å²) < 4.78 is 0. The van der Waals surface area contributed by atoms with Crippen molar-refractivity contribution in [2.24, 2.45) is 0 Å². The summed E-state index contributed by atoms with van der Waals surface area (Å²) in [5.74, 6) is 0.0451. The average molecular weight is 249 g/mol. The third-order valence-electron chi connectivity index (χ3n) is 2.58. The van der Waals surface area contributed by atoms with Crippen molar-refractivity contribution in [1.82, 2.24) is 10.2 Å². The molecule has 4 nitrogen and oxygen atoms in total. The molecule has 4 heteroatoms. The Bertz CT molecular complexity index is 338. The number of rotatable bonds is 8. The summed E-state index contributed by atoms with van der Waals surface area (Å²) in [5, 5.41) is 5.99. The van der Waals surface area contributed by atoms with E-state index in [0.717, 1.165) is 31.6 Å². The lowest BCUT2D eigenvalue weighted by Crippen LogP contribution is -2.30. The second-order valence-electron chi connectivity index (χ2n) is 4.58. The lowest BCUT2D eigenvalue weighted by atomic mass is 10.3. The lowest BCUT2D eigenvalue weighted by molar-refractivity contribution is -0.119. The van der Waals surface area contributed by atoms with Gasteiger partial charge in [-0.3, -0.25) is 4.79 Å². The normalized spacial score (nSPS) is 10.4. The van der Waals surface area contributed by atoms with E-state index in [1.807, 2.05) is 30.3 Å². The summed E-state index contributed by atoms with van der Waals surface area (Å²) in [5.41, 5.74) is 0.972. The van der Waals surface area contributed by atoms with Gasteiger partial charge in [0, 0.05) is 12.2 Å². The number of hydrogen-bond acceptors (Lipinski definition) is 3. The number of amides is 1. The van der Waals surface area contributed by atoms with E-state index in [2.05, 4.69) is 29.6 Å². The van der Waals surface area contributed by atoms with Gasteiger partial charge in [0.05, 0.1) is 6.54 Å². The number of carbonyl (C=O) groups is 1. The molecule has 0 aromatic heterocycles. The van der Waals surface area contributed by atoms with Gasteiger partial charge in [0.2, 0.25) is 5.91 Å². The van der Waals surface area contributed by atoms with Crippen molar-refractivity contribution in [3.05, 3.63) is 30.3 Å². The molecule has 0 atom stereocenters. The Morgan fingerprint density at radius 1 is 1.17 bits per heavy atom. The number of nitrogens with one attached hydrogen (secondary N) is 2. The van der Waals surface area contributed by atoms with Crippen molar-refractivity contribution in [1.29, 1.82) is 0 Å². The van der Waals surface area contributed by atoms with E-state index in [-0.39, 0.29) is 5.91 Å². The van der Waals surface area contributed by atoms with E-state index in [4.69, 9.17) is 0 Å². The van der Waals surface area contributed by atoms with E-state index in [0.29, 0.717) is 6.54 Å². The Morgan fingerprint density at radius 2 is 1.89 bits per heavy atom. The molecule has 100 valence electrons. The van der Waals surface area contributed by atoms with Gasteiger partial charge in [-0.1, -0.05) is 18.2 Å². The molecule has 0 aliphatic heterocycles. The third kappa shape index (κ3) is 6.91. The minimum Gasteiger partial charge on any atom is -0.376 e. The van der Waals surface area contributed by atoms with Gasteiger partial charge >= 0.3 is 0 Å². The van der Waals surface area contributed by atoms with Crippen molar-refractivity contribution in [2.45, 2.75) is 12.8 Å². The van der Waals surface area contributed by atoms with Gasteiger partial charge in [-0.05, 0) is 45.6 Å².